The van der Waals surface area contributed by atoms with E-state index in [4.69, 9.17) is 11.6 Å². The third-order valence-electron chi connectivity index (χ3n) is 4.00. The van der Waals surface area contributed by atoms with Crippen molar-refractivity contribution >= 4 is 28.8 Å². The van der Waals surface area contributed by atoms with Crippen molar-refractivity contribution in [1.29, 1.82) is 5.26 Å². The van der Waals surface area contributed by atoms with Gasteiger partial charge in [-0.3, -0.25) is 4.40 Å². The molecule has 0 bridgehead atoms. The van der Waals surface area contributed by atoms with E-state index in [1.807, 2.05) is 0 Å². The van der Waals surface area contributed by atoms with E-state index < -0.39 is 5.82 Å². The van der Waals surface area contributed by atoms with Gasteiger partial charge < -0.3 is 10.4 Å². The number of halogens is 2. The van der Waals surface area contributed by atoms with E-state index in [0.29, 0.717) is 45.0 Å². The fourth-order valence-corrected chi connectivity index (χ4v) is 2.94. The number of fused-ring (bicyclic) bond motifs is 1. The first kappa shape index (κ1) is 17.9. The maximum Gasteiger partial charge on any atom is 0.139 e. The van der Waals surface area contributed by atoms with Crippen LogP contribution in [0.5, 0.6) is 0 Å². The van der Waals surface area contributed by atoms with Crippen molar-refractivity contribution in [3.63, 3.8) is 0 Å². The molecule has 28 heavy (non-hydrogen) atoms. The van der Waals surface area contributed by atoms with Crippen LogP contribution in [0.25, 0.3) is 17.0 Å². The van der Waals surface area contributed by atoms with Crippen LogP contribution in [0.1, 0.15) is 11.3 Å². The number of anilines is 2. The van der Waals surface area contributed by atoms with E-state index in [0.717, 1.165) is 0 Å². The monoisotopic (exact) mass is 394 g/mol. The number of nitrogens with one attached hydrogen (secondary N) is 1. The highest BCUT2D eigenvalue weighted by atomic mass is 35.5. The normalized spacial score (nSPS) is 10.8. The zero-order valence-corrected chi connectivity index (χ0v) is 15.0. The lowest BCUT2D eigenvalue weighted by Crippen LogP contribution is -2.00. The molecule has 2 N–H and O–H groups in total. The summed E-state index contributed by atoms with van der Waals surface area (Å²) in [6.45, 7) is -0.360. The minimum absolute atomic E-state index is 0.326. The number of hydrogen-bond acceptors (Lipinski definition) is 6. The number of nitriles is 1. The molecule has 0 amide bonds. The average Bonchev–Trinajstić information content (AvgIpc) is 3.07. The van der Waals surface area contributed by atoms with E-state index in [-0.39, 0.29) is 6.61 Å². The molecule has 9 heteroatoms. The Morgan fingerprint density at radius 3 is 2.79 bits per heavy atom. The number of pyridine rings is 3. The van der Waals surface area contributed by atoms with Crippen molar-refractivity contribution in [3.05, 3.63) is 71.0 Å². The molecule has 0 spiro atoms. The summed E-state index contributed by atoms with van der Waals surface area (Å²) in [5, 5.41) is 22.5. The second-order valence-corrected chi connectivity index (χ2v) is 6.26. The second kappa shape index (κ2) is 7.23. The molecule has 0 aliphatic heterocycles. The highest BCUT2D eigenvalue weighted by Crippen LogP contribution is 2.27. The topological polar surface area (TPSA) is 99.1 Å². The van der Waals surface area contributed by atoms with E-state index in [1.54, 1.807) is 24.3 Å². The van der Waals surface area contributed by atoms with Gasteiger partial charge in [-0.15, -0.1) is 0 Å². The Labute approximate surface area is 163 Å². The number of aliphatic hydroxyl groups excluding tert-OH is 1. The molecule has 7 nitrogen and oxygen atoms in total. The van der Waals surface area contributed by atoms with Gasteiger partial charge in [-0.2, -0.15) is 5.26 Å². The smallest absolute Gasteiger partial charge is 0.139 e. The Morgan fingerprint density at radius 2 is 2.07 bits per heavy atom. The molecule has 4 aromatic heterocycles. The maximum atomic E-state index is 13.8. The summed E-state index contributed by atoms with van der Waals surface area (Å²) in [5.74, 6) is -0.0777. The lowest BCUT2D eigenvalue weighted by molar-refractivity contribution is 0.278. The van der Waals surface area contributed by atoms with Crippen LogP contribution in [0.3, 0.4) is 0 Å². The third kappa shape index (κ3) is 3.36. The van der Waals surface area contributed by atoms with Crippen molar-refractivity contribution in [2.75, 3.05) is 5.32 Å². The predicted molar refractivity (Wildman–Crippen MR) is 102 cm³/mol. The quantitative estimate of drug-likeness (QED) is 0.512. The SMILES string of the molecule is N#Cc1cc(Nc2ccc(Cl)nc2)nc(-c2c(CO)nc3ccc(F)cn23)c1. The maximum absolute atomic E-state index is 13.8. The summed E-state index contributed by atoms with van der Waals surface area (Å²) >= 11 is 5.80. The van der Waals surface area contributed by atoms with Gasteiger partial charge in [-0.05, 0) is 36.4 Å². The number of imidazole rings is 1. The van der Waals surface area contributed by atoms with Crippen LogP contribution in [0.4, 0.5) is 15.9 Å². The zero-order valence-electron chi connectivity index (χ0n) is 14.3. The molecule has 0 fully saturated rings. The minimum atomic E-state index is -0.460. The van der Waals surface area contributed by atoms with Gasteiger partial charge in [0.1, 0.15) is 22.4 Å². The van der Waals surface area contributed by atoms with E-state index in [9.17, 15) is 14.8 Å². The van der Waals surface area contributed by atoms with Gasteiger partial charge in [0.25, 0.3) is 0 Å². The van der Waals surface area contributed by atoms with Crippen LogP contribution in [-0.4, -0.2) is 24.5 Å². The number of rotatable bonds is 4. The molecule has 4 rings (SSSR count). The highest BCUT2D eigenvalue weighted by molar-refractivity contribution is 6.29. The molecule has 0 aliphatic carbocycles. The lowest BCUT2D eigenvalue weighted by Gasteiger charge is -2.09. The molecule has 4 aromatic rings. The Morgan fingerprint density at radius 1 is 1.21 bits per heavy atom. The number of aliphatic hydroxyl groups is 1. The number of aromatic nitrogens is 4. The molecule has 0 aliphatic rings. The van der Waals surface area contributed by atoms with Crippen molar-refractivity contribution in [3.8, 4) is 17.5 Å². The Balaban J connectivity index is 1.86. The first-order chi connectivity index (χ1) is 13.6. The third-order valence-corrected chi connectivity index (χ3v) is 4.22. The summed E-state index contributed by atoms with van der Waals surface area (Å²) in [4.78, 5) is 12.8. The van der Waals surface area contributed by atoms with Gasteiger partial charge >= 0.3 is 0 Å². The van der Waals surface area contributed by atoms with Gasteiger partial charge in [0.2, 0.25) is 0 Å². The summed E-state index contributed by atoms with van der Waals surface area (Å²) in [5.41, 5.74) is 2.53. The average molecular weight is 395 g/mol. The van der Waals surface area contributed by atoms with Crippen LogP contribution in [0, 0.1) is 17.1 Å². The van der Waals surface area contributed by atoms with Crippen LogP contribution < -0.4 is 5.32 Å². The molecule has 0 radical (unpaired) electrons. The number of hydrogen-bond donors (Lipinski definition) is 2. The van der Waals surface area contributed by atoms with Crippen molar-refractivity contribution in [2.24, 2.45) is 0 Å². The summed E-state index contributed by atoms with van der Waals surface area (Å²) < 4.78 is 15.3. The van der Waals surface area contributed by atoms with Crippen molar-refractivity contribution < 1.29 is 9.50 Å². The molecule has 0 saturated carbocycles. The fraction of sp³-hybridized carbons (Fsp3) is 0.0526. The zero-order chi connectivity index (χ0) is 19.7. The van der Waals surface area contributed by atoms with Crippen LogP contribution in [0.2, 0.25) is 5.15 Å². The van der Waals surface area contributed by atoms with E-state index >= 15 is 0 Å². The summed E-state index contributed by atoms with van der Waals surface area (Å²) in [7, 11) is 0. The molecule has 0 aromatic carbocycles. The van der Waals surface area contributed by atoms with E-state index in [2.05, 4.69) is 26.3 Å². The molecule has 0 saturated heterocycles. The Bertz CT molecular complexity index is 1220. The second-order valence-electron chi connectivity index (χ2n) is 5.87. The molecule has 0 atom stereocenters. The van der Waals surface area contributed by atoms with Crippen LogP contribution in [0.15, 0.2) is 48.8 Å². The van der Waals surface area contributed by atoms with Gasteiger partial charge in [-0.1, -0.05) is 11.6 Å². The van der Waals surface area contributed by atoms with Gasteiger partial charge in [0.15, 0.2) is 0 Å². The first-order valence-electron chi connectivity index (χ1n) is 8.16. The van der Waals surface area contributed by atoms with Gasteiger partial charge in [0, 0.05) is 6.20 Å². The largest absolute Gasteiger partial charge is 0.390 e. The lowest BCUT2D eigenvalue weighted by atomic mass is 10.1. The van der Waals surface area contributed by atoms with Crippen molar-refractivity contribution in [2.45, 2.75) is 6.61 Å². The van der Waals surface area contributed by atoms with Gasteiger partial charge in [0.05, 0.1) is 47.2 Å². The molecular formula is C19H12ClFN6O. The predicted octanol–water partition coefficient (Wildman–Crippen LogP) is 3.69. The Hall–Kier alpha value is -3.54. The summed E-state index contributed by atoms with van der Waals surface area (Å²) in [6, 6.07) is 11.3. The minimum Gasteiger partial charge on any atom is -0.390 e. The van der Waals surface area contributed by atoms with Gasteiger partial charge in [-0.25, -0.2) is 19.3 Å². The molecule has 4 heterocycles. The van der Waals surface area contributed by atoms with Crippen LogP contribution in [-0.2, 0) is 6.61 Å². The van der Waals surface area contributed by atoms with Crippen molar-refractivity contribution in [1.82, 2.24) is 19.4 Å². The Kier molecular flexibility index (Phi) is 4.61. The van der Waals surface area contributed by atoms with Crippen LogP contribution >= 0.6 is 11.6 Å². The fourth-order valence-electron chi connectivity index (χ4n) is 2.83. The molecule has 138 valence electrons. The molecule has 0 unspecified atom stereocenters. The summed E-state index contributed by atoms with van der Waals surface area (Å²) in [6.07, 6.45) is 2.79. The highest BCUT2D eigenvalue weighted by Gasteiger charge is 2.17. The standard InChI is InChI=1S/C19H12ClFN6O/c20-16-3-2-13(8-23-16)24-17-6-11(7-22)5-14(25-17)19-15(10-28)26-18-4-1-12(21)9-27(18)19/h1-6,8-9,28H,10H2,(H,24,25). The first-order valence-corrected chi connectivity index (χ1v) is 8.53. The van der Waals surface area contributed by atoms with E-state index in [1.165, 1.54) is 28.9 Å². The molecular weight excluding hydrogens is 383 g/mol. The number of nitrogens with zero attached hydrogens (tertiary/aromatic N) is 5.